The van der Waals surface area contributed by atoms with Crippen molar-refractivity contribution in [1.82, 2.24) is 9.62 Å². The SMILES string of the molecule is Cc1cc(N(C)C(=O)C(F)(F)F)cc(C)c1CCS(=O)(=O)N1CCC2(CC1)N=C([C@H]1CC[C@H](C)CC1)NC2=O. The lowest BCUT2D eigenvalue weighted by molar-refractivity contribution is -0.170. The molecule has 39 heavy (non-hydrogen) atoms. The molecule has 0 bridgehead atoms. The predicted octanol–water partition coefficient (Wildman–Crippen LogP) is 3.89. The van der Waals surface area contributed by atoms with Crippen molar-refractivity contribution in [3.05, 3.63) is 28.8 Å². The first-order valence-electron chi connectivity index (χ1n) is 13.5. The maximum atomic E-state index is 13.2. The smallest absolute Gasteiger partial charge is 0.312 e. The zero-order valence-electron chi connectivity index (χ0n) is 22.9. The Morgan fingerprint density at radius 1 is 1.13 bits per heavy atom. The molecule has 1 aromatic carbocycles. The lowest BCUT2D eigenvalue weighted by Crippen LogP contribution is -2.51. The molecular formula is C27H37F3N4O4S. The van der Waals surface area contributed by atoms with Crippen LogP contribution in [-0.2, 0) is 26.0 Å². The van der Waals surface area contributed by atoms with Gasteiger partial charge in [0.05, 0.1) is 5.75 Å². The molecule has 1 aliphatic carbocycles. The van der Waals surface area contributed by atoms with Gasteiger partial charge in [-0.1, -0.05) is 19.8 Å². The number of halogens is 3. The zero-order chi connectivity index (χ0) is 28.8. The van der Waals surface area contributed by atoms with Gasteiger partial charge in [0.1, 0.15) is 11.4 Å². The van der Waals surface area contributed by atoms with Crippen molar-refractivity contribution in [3.8, 4) is 0 Å². The van der Waals surface area contributed by atoms with Crippen LogP contribution in [0.4, 0.5) is 18.9 Å². The molecule has 8 nitrogen and oxygen atoms in total. The minimum atomic E-state index is -4.99. The summed E-state index contributed by atoms with van der Waals surface area (Å²) in [6.45, 7) is 6.03. The van der Waals surface area contributed by atoms with Gasteiger partial charge in [0.15, 0.2) is 0 Å². The first-order valence-corrected chi connectivity index (χ1v) is 15.1. The highest BCUT2D eigenvalue weighted by molar-refractivity contribution is 7.89. The number of amides is 2. The number of hydrogen-bond acceptors (Lipinski definition) is 5. The average Bonchev–Trinajstić information content (AvgIpc) is 3.17. The predicted molar refractivity (Wildman–Crippen MR) is 143 cm³/mol. The van der Waals surface area contributed by atoms with Crippen LogP contribution in [0.1, 0.15) is 62.1 Å². The normalized spacial score (nSPS) is 24.0. The van der Waals surface area contributed by atoms with Crippen LogP contribution in [0.3, 0.4) is 0 Å². The van der Waals surface area contributed by atoms with E-state index in [1.165, 1.54) is 16.4 Å². The molecule has 2 amide bonds. The van der Waals surface area contributed by atoms with Gasteiger partial charge in [-0.3, -0.25) is 14.6 Å². The number of carbonyl (C=O) groups excluding carboxylic acids is 2. The van der Waals surface area contributed by atoms with E-state index in [0.717, 1.165) is 44.1 Å². The zero-order valence-corrected chi connectivity index (χ0v) is 23.7. The van der Waals surface area contributed by atoms with Crippen LogP contribution < -0.4 is 10.2 Å². The van der Waals surface area contributed by atoms with E-state index in [9.17, 15) is 31.2 Å². The van der Waals surface area contributed by atoms with Gasteiger partial charge in [0.2, 0.25) is 10.0 Å². The van der Waals surface area contributed by atoms with Gasteiger partial charge in [-0.05, 0) is 80.7 Å². The van der Waals surface area contributed by atoms with Gasteiger partial charge in [-0.2, -0.15) is 13.2 Å². The molecule has 2 aliphatic heterocycles. The largest absolute Gasteiger partial charge is 0.471 e. The first-order chi connectivity index (χ1) is 18.1. The number of benzene rings is 1. The summed E-state index contributed by atoms with van der Waals surface area (Å²) in [7, 11) is -2.58. The molecular weight excluding hydrogens is 533 g/mol. The summed E-state index contributed by atoms with van der Waals surface area (Å²) in [5, 5.41) is 3.00. The van der Waals surface area contributed by atoms with Crippen molar-refractivity contribution in [3.63, 3.8) is 0 Å². The number of amidine groups is 1. The molecule has 0 radical (unpaired) electrons. The summed E-state index contributed by atoms with van der Waals surface area (Å²) in [5.41, 5.74) is 1.14. The fourth-order valence-electron chi connectivity index (χ4n) is 5.97. The maximum Gasteiger partial charge on any atom is 0.471 e. The van der Waals surface area contributed by atoms with Crippen LogP contribution in [0.25, 0.3) is 0 Å². The highest BCUT2D eigenvalue weighted by Crippen LogP contribution is 2.36. The molecule has 1 saturated carbocycles. The summed E-state index contributed by atoms with van der Waals surface area (Å²) < 4.78 is 66.3. The Labute approximate surface area is 228 Å². The summed E-state index contributed by atoms with van der Waals surface area (Å²) in [5.74, 6) is -0.560. The molecule has 12 heteroatoms. The lowest BCUT2D eigenvalue weighted by atomic mass is 9.82. The summed E-state index contributed by atoms with van der Waals surface area (Å²) in [4.78, 5) is 29.9. The Balaban J connectivity index is 1.38. The van der Waals surface area contributed by atoms with Crippen LogP contribution in [0.5, 0.6) is 0 Å². The van der Waals surface area contributed by atoms with Gasteiger partial charge in [-0.15, -0.1) is 0 Å². The van der Waals surface area contributed by atoms with Gasteiger partial charge >= 0.3 is 12.1 Å². The Kier molecular flexibility index (Phi) is 8.20. The highest BCUT2D eigenvalue weighted by atomic mass is 32.2. The van der Waals surface area contributed by atoms with Crippen LogP contribution in [-0.4, -0.2) is 68.0 Å². The van der Waals surface area contributed by atoms with Crippen molar-refractivity contribution >= 4 is 33.4 Å². The van der Waals surface area contributed by atoms with Crippen molar-refractivity contribution in [2.45, 2.75) is 77.4 Å². The standard InChI is InChI=1S/C27H37F3N4O4S/c1-17-5-7-20(8-6-17)23-31-24(35)26(32-23)10-12-34(13-11-26)39(37,38)14-9-22-18(2)15-21(16-19(22)3)33(4)25(36)27(28,29)30/h15-17,20H,5-14H2,1-4H3,(H,31,32,35)/t17-,20-. The quantitative estimate of drug-likeness (QED) is 0.561. The molecule has 1 saturated heterocycles. The van der Waals surface area contributed by atoms with Crippen LogP contribution in [0, 0.1) is 25.7 Å². The molecule has 2 heterocycles. The van der Waals surface area contributed by atoms with E-state index in [4.69, 9.17) is 4.99 Å². The third kappa shape index (κ3) is 6.16. The minimum Gasteiger partial charge on any atom is -0.312 e. The van der Waals surface area contributed by atoms with Crippen LogP contribution in [0.2, 0.25) is 0 Å². The number of piperidine rings is 1. The summed E-state index contributed by atoms with van der Waals surface area (Å²) in [6.07, 6.45) is 0.0925. The number of sulfonamides is 1. The number of aliphatic imine (C=N–C) groups is 1. The lowest BCUT2D eigenvalue weighted by Gasteiger charge is -2.34. The molecule has 0 aromatic heterocycles. The molecule has 1 N–H and O–H groups in total. The fraction of sp³-hybridized carbons (Fsp3) is 0.667. The van der Waals surface area contributed by atoms with Crippen molar-refractivity contribution < 1.29 is 31.2 Å². The molecule has 1 aromatic rings. The topological polar surface area (TPSA) is 99.2 Å². The van der Waals surface area contributed by atoms with Crippen molar-refractivity contribution in [2.75, 3.05) is 30.8 Å². The van der Waals surface area contributed by atoms with Crippen LogP contribution >= 0.6 is 0 Å². The van der Waals surface area contributed by atoms with E-state index in [0.29, 0.717) is 34.8 Å². The number of nitrogens with one attached hydrogen (secondary N) is 1. The van der Waals surface area contributed by atoms with Gasteiger partial charge in [-0.25, -0.2) is 12.7 Å². The summed E-state index contributed by atoms with van der Waals surface area (Å²) in [6, 6.07) is 2.93. The number of alkyl halides is 3. The number of anilines is 1. The first kappa shape index (κ1) is 29.5. The number of carbonyl (C=O) groups is 2. The second-order valence-electron chi connectivity index (χ2n) is 11.3. The van der Waals surface area contributed by atoms with E-state index >= 15 is 0 Å². The molecule has 0 unspecified atom stereocenters. The molecule has 2 fully saturated rings. The maximum absolute atomic E-state index is 13.2. The fourth-order valence-corrected chi connectivity index (χ4v) is 7.43. The second-order valence-corrected chi connectivity index (χ2v) is 13.4. The number of rotatable bonds is 6. The summed E-state index contributed by atoms with van der Waals surface area (Å²) >= 11 is 0. The monoisotopic (exact) mass is 570 g/mol. The van der Waals surface area contributed by atoms with E-state index < -0.39 is 27.6 Å². The van der Waals surface area contributed by atoms with Crippen LogP contribution in [0.15, 0.2) is 17.1 Å². The molecule has 3 aliphatic rings. The third-order valence-corrected chi connectivity index (χ3v) is 10.4. The van der Waals surface area contributed by atoms with Gasteiger partial charge < -0.3 is 10.2 Å². The van der Waals surface area contributed by atoms with E-state index in [1.54, 1.807) is 13.8 Å². The van der Waals surface area contributed by atoms with Crippen molar-refractivity contribution in [1.29, 1.82) is 0 Å². The Morgan fingerprint density at radius 3 is 2.23 bits per heavy atom. The van der Waals surface area contributed by atoms with E-state index in [1.807, 2.05) is 0 Å². The number of nitrogens with zero attached hydrogens (tertiary/aromatic N) is 3. The van der Waals surface area contributed by atoms with Crippen molar-refractivity contribution in [2.24, 2.45) is 16.8 Å². The molecule has 216 valence electrons. The second kappa shape index (κ2) is 10.8. The molecule has 0 atom stereocenters. The molecule has 4 rings (SSSR count). The third-order valence-electron chi connectivity index (χ3n) is 8.57. The highest BCUT2D eigenvalue weighted by Gasteiger charge is 2.48. The van der Waals surface area contributed by atoms with E-state index in [2.05, 4.69) is 12.2 Å². The number of aryl methyl sites for hydroxylation is 2. The Morgan fingerprint density at radius 2 is 1.69 bits per heavy atom. The van der Waals surface area contributed by atoms with Gasteiger partial charge in [0, 0.05) is 31.7 Å². The molecule has 1 spiro atoms. The average molecular weight is 571 g/mol. The Bertz CT molecular complexity index is 1240. The van der Waals surface area contributed by atoms with E-state index in [-0.39, 0.29) is 42.8 Å². The number of hydrogen-bond donors (Lipinski definition) is 1. The van der Waals surface area contributed by atoms with Gasteiger partial charge in [0.25, 0.3) is 5.91 Å². The minimum absolute atomic E-state index is 0.0952. The Hall–Kier alpha value is -2.47.